The second-order valence-electron chi connectivity index (χ2n) is 6.51. The normalized spacial score (nSPS) is 12.9. The van der Waals surface area contributed by atoms with Crippen LogP contribution >= 0.6 is 22.7 Å². The molecule has 3 aromatic rings. The molecule has 6 nitrogen and oxygen atoms in total. The SMILES string of the molecule is CC(C)[C@H](NC(=O)c1cc2ccccc2s1)c1nc(C(F)(F)F)c(C(=O)NO)s1. The lowest BCUT2D eigenvalue weighted by atomic mass is 10.1. The van der Waals surface area contributed by atoms with Crippen LogP contribution in [0.1, 0.15) is 49.9 Å². The van der Waals surface area contributed by atoms with Crippen molar-refractivity contribution < 1.29 is 28.0 Å². The molecule has 0 saturated carbocycles. The van der Waals surface area contributed by atoms with E-state index in [1.54, 1.807) is 19.9 Å². The number of amides is 2. The molecule has 0 spiro atoms. The summed E-state index contributed by atoms with van der Waals surface area (Å²) in [6.45, 7) is 3.44. The molecule has 0 aliphatic rings. The Hall–Kier alpha value is -2.50. The van der Waals surface area contributed by atoms with Gasteiger partial charge in [-0.05, 0) is 23.4 Å². The summed E-state index contributed by atoms with van der Waals surface area (Å²) in [5.41, 5.74) is -0.195. The second-order valence-corrected chi connectivity index (χ2v) is 8.63. The number of hydrogen-bond donors (Lipinski definition) is 3. The van der Waals surface area contributed by atoms with Gasteiger partial charge in [0.25, 0.3) is 11.8 Å². The number of thiophene rings is 1. The van der Waals surface area contributed by atoms with E-state index >= 15 is 0 Å². The lowest BCUT2D eigenvalue weighted by Crippen LogP contribution is -2.31. The maximum atomic E-state index is 13.3. The molecule has 0 aliphatic heterocycles. The van der Waals surface area contributed by atoms with Gasteiger partial charge >= 0.3 is 6.18 Å². The van der Waals surface area contributed by atoms with Crippen LogP contribution in [0.25, 0.3) is 10.1 Å². The van der Waals surface area contributed by atoms with Gasteiger partial charge in [-0.2, -0.15) is 13.2 Å². The highest BCUT2D eigenvalue weighted by molar-refractivity contribution is 7.20. The topological polar surface area (TPSA) is 91.3 Å². The number of halogens is 3. The number of carbonyl (C=O) groups is 2. The van der Waals surface area contributed by atoms with Crippen LogP contribution in [0, 0.1) is 5.92 Å². The third-order valence-corrected chi connectivity index (χ3v) is 6.34. The molecule has 0 unspecified atom stereocenters. The van der Waals surface area contributed by atoms with Crippen LogP contribution in [0.3, 0.4) is 0 Å². The van der Waals surface area contributed by atoms with Gasteiger partial charge in [0.2, 0.25) is 0 Å². The minimum atomic E-state index is -4.88. The number of nitrogens with one attached hydrogen (secondary N) is 2. The van der Waals surface area contributed by atoms with Crippen LogP contribution in [0.4, 0.5) is 13.2 Å². The Morgan fingerprint density at radius 3 is 2.41 bits per heavy atom. The molecule has 2 heterocycles. The number of aromatic nitrogens is 1. The number of carbonyl (C=O) groups excluding carboxylic acids is 2. The quantitative estimate of drug-likeness (QED) is 0.396. The van der Waals surface area contributed by atoms with E-state index in [2.05, 4.69) is 10.3 Å². The highest BCUT2D eigenvalue weighted by Gasteiger charge is 2.41. The molecule has 3 N–H and O–H groups in total. The van der Waals surface area contributed by atoms with E-state index in [1.165, 1.54) is 16.8 Å². The third-order valence-electron chi connectivity index (χ3n) is 4.09. The molecule has 0 aliphatic carbocycles. The van der Waals surface area contributed by atoms with Gasteiger partial charge in [0.15, 0.2) is 5.69 Å². The Labute approximate surface area is 171 Å². The van der Waals surface area contributed by atoms with E-state index < -0.39 is 34.6 Å². The van der Waals surface area contributed by atoms with E-state index in [0.29, 0.717) is 16.2 Å². The van der Waals surface area contributed by atoms with Crippen LogP contribution in [0.2, 0.25) is 0 Å². The van der Waals surface area contributed by atoms with Crippen molar-refractivity contribution in [2.24, 2.45) is 5.92 Å². The molecule has 0 bridgehead atoms. The Bertz CT molecular complexity index is 1030. The first-order valence-corrected chi connectivity index (χ1v) is 10.1. The van der Waals surface area contributed by atoms with Crippen molar-refractivity contribution in [3.05, 3.63) is 50.8 Å². The van der Waals surface area contributed by atoms with Crippen molar-refractivity contribution in [2.75, 3.05) is 0 Å². The molecule has 29 heavy (non-hydrogen) atoms. The Balaban J connectivity index is 1.94. The number of benzene rings is 1. The highest BCUT2D eigenvalue weighted by Crippen LogP contribution is 2.37. The summed E-state index contributed by atoms with van der Waals surface area (Å²) in [5, 5.41) is 12.3. The number of alkyl halides is 3. The van der Waals surface area contributed by atoms with Gasteiger partial charge in [-0.1, -0.05) is 32.0 Å². The Morgan fingerprint density at radius 2 is 1.83 bits per heavy atom. The van der Waals surface area contributed by atoms with Crippen molar-refractivity contribution in [1.82, 2.24) is 15.8 Å². The van der Waals surface area contributed by atoms with Crippen LogP contribution in [0.15, 0.2) is 30.3 Å². The van der Waals surface area contributed by atoms with E-state index in [0.717, 1.165) is 10.1 Å². The zero-order chi connectivity index (χ0) is 21.3. The summed E-state index contributed by atoms with van der Waals surface area (Å²) < 4.78 is 40.7. The first kappa shape index (κ1) is 21.2. The predicted octanol–water partition coefficient (Wildman–Crippen LogP) is 4.62. The number of rotatable bonds is 5. The molecule has 0 saturated heterocycles. The zero-order valence-electron chi connectivity index (χ0n) is 15.2. The zero-order valence-corrected chi connectivity index (χ0v) is 16.8. The summed E-state index contributed by atoms with van der Waals surface area (Å²) in [6.07, 6.45) is -4.88. The molecule has 154 valence electrons. The fourth-order valence-electron chi connectivity index (χ4n) is 2.69. The maximum absolute atomic E-state index is 13.3. The van der Waals surface area contributed by atoms with E-state index in [-0.39, 0.29) is 10.9 Å². The van der Waals surface area contributed by atoms with Gasteiger partial charge in [0, 0.05) is 4.70 Å². The summed E-state index contributed by atoms with van der Waals surface area (Å²) in [6, 6.07) is 8.28. The van der Waals surface area contributed by atoms with Crippen LogP contribution in [-0.4, -0.2) is 22.0 Å². The van der Waals surface area contributed by atoms with Crippen molar-refractivity contribution in [1.29, 1.82) is 0 Å². The van der Waals surface area contributed by atoms with Crippen LogP contribution < -0.4 is 10.8 Å². The Morgan fingerprint density at radius 1 is 1.14 bits per heavy atom. The highest BCUT2D eigenvalue weighted by atomic mass is 32.1. The summed E-state index contributed by atoms with van der Waals surface area (Å²) >= 11 is 1.75. The number of hydroxylamine groups is 1. The van der Waals surface area contributed by atoms with Crippen molar-refractivity contribution >= 4 is 44.6 Å². The average molecular weight is 443 g/mol. The van der Waals surface area contributed by atoms with Gasteiger partial charge in [0.05, 0.1) is 10.9 Å². The summed E-state index contributed by atoms with van der Waals surface area (Å²) in [5.74, 6) is -2.05. The number of hydrogen-bond acceptors (Lipinski definition) is 6. The van der Waals surface area contributed by atoms with Gasteiger partial charge in [0.1, 0.15) is 9.88 Å². The molecule has 0 radical (unpaired) electrons. The fraction of sp³-hybridized carbons (Fsp3) is 0.278. The minimum absolute atomic E-state index is 0.0691. The predicted molar refractivity (Wildman–Crippen MR) is 103 cm³/mol. The largest absolute Gasteiger partial charge is 0.435 e. The molecule has 0 fully saturated rings. The monoisotopic (exact) mass is 443 g/mol. The van der Waals surface area contributed by atoms with Crippen molar-refractivity contribution in [2.45, 2.75) is 26.1 Å². The van der Waals surface area contributed by atoms with Gasteiger partial charge < -0.3 is 5.32 Å². The van der Waals surface area contributed by atoms with E-state index in [9.17, 15) is 22.8 Å². The third kappa shape index (κ3) is 4.41. The lowest BCUT2D eigenvalue weighted by molar-refractivity contribution is -0.141. The van der Waals surface area contributed by atoms with Crippen molar-refractivity contribution in [3.63, 3.8) is 0 Å². The fourth-order valence-corrected chi connectivity index (χ4v) is 4.85. The molecule has 1 atom stereocenters. The summed E-state index contributed by atoms with van der Waals surface area (Å²) in [4.78, 5) is 27.6. The number of nitrogens with zero attached hydrogens (tertiary/aromatic N) is 1. The first-order valence-electron chi connectivity index (χ1n) is 8.43. The smallest absolute Gasteiger partial charge is 0.342 e. The molecule has 2 amide bonds. The molecule has 11 heteroatoms. The molecule has 1 aromatic carbocycles. The minimum Gasteiger partial charge on any atom is -0.342 e. The van der Waals surface area contributed by atoms with Crippen molar-refractivity contribution in [3.8, 4) is 0 Å². The van der Waals surface area contributed by atoms with Crippen LogP contribution in [0.5, 0.6) is 0 Å². The van der Waals surface area contributed by atoms with Gasteiger partial charge in [-0.3, -0.25) is 14.8 Å². The average Bonchev–Trinajstić information content (AvgIpc) is 3.29. The molecule has 2 aromatic heterocycles. The van der Waals surface area contributed by atoms with Gasteiger partial charge in [-0.25, -0.2) is 10.5 Å². The van der Waals surface area contributed by atoms with Crippen LogP contribution in [-0.2, 0) is 6.18 Å². The standard InChI is InChI=1S/C18H16F3N3O3S2/c1-8(2)12(17-23-14(18(19,20)21)13(29-17)16(26)24-27)22-15(25)11-7-9-5-3-4-6-10(9)28-11/h3-8,12,27H,1-2H3,(H,22,25)(H,24,26)/t12-/m0/s1. The molecule has 3 rings (SSSR count). The molecular formula is C18H16F3N3O3S2. The first-order chi connectivity index (χ1) is 13.6. The van der Waals surface area contributed by atoms with Gasteiger partial charge in [-0.15, -0.1) is 22.7 Å². The number of thiazole rings is 1. The lowest BCUT2D eigenvalue weighted by Gasteiger charge is -2.19. The summed E-state index contributed by atoms with van der Waals surface area (Å²) in [7, 11) is 0. The second kappa shape index (κ2) is 8.09. The molecular weight excluding hydrogens is 427 g/mol. The maximum Gasteiger partial charge on any atom is 0.435 e. The number of fused-ring (bicyclic) bond motifs is 1. The van der Waals surface area contributed by atoms with E-state index in [1.807, 2.05) is 24.3 Å². The van der Waals surface area contributed by atoms with E-state index in [4.69, 9.17) is 5.21 Å². The Kier molecular flexibility index (Phi) is 5.92.